The molecule has 1 aliphatic rings. The number of nitrogens with one attached hydrogen (secondary N) is 1. The largest absolute Gasteiger partial charge is 0.468 e. The molecule has 0 bridgehead atoms. The fourth-order valence-electron chi connectivity index (χ4n) is 2.62. The number of carbonyl (C=O) groups is 2. The summed E-state index contributed by atoms with van der Waals surface area (Å²) in [7, 11) is -2.26. The summed E-state index contributed by atoms with van der Waals surface area (Å²) in [6.07, 6.45) is 2.78. The summed E-state index contributed by atoms with van der Waals surface area (Å²) in [5.41, 5.74) is 1.24. The van der Waals surface area contributed by atoms with E-state index in [9.17, 15) is 18.0 Å². The SMILES string of the molecule is COC(=O)CSCC(=O)Nc1cc(S(=O)(=O)N2CCCCC2)ccc1C. The molecule has 1 heterocycles. The number of piperidine rings is 1. The summed E-state index contributed by atoms with van der Waals surface area (Å²) in [5, 5.41) is 2.72. The third-order valence-electron chi connectivity index (χ3n) is 4.12. The summed E-state index contributed by atoms with van der Waals surface area (Å²) < 4.78 is 31.6. The van der Waals surface area contributed by atoms with Gasteiger partial charge >= 0.3 is 5.97 Å². The van der Waals surface area contributed by atoms with Gasteiger partial charge in [0.25, 0.3) is 0 Å². The van der Waals surface area contributed by atoms with Crippen molar-refractivity contribution in [1.29, 1.82) is 0 Å². The Morgan fingerprint density at radius 1 is 1.19 bits per heavy atom. The van der Waals surface area contributed by atoms with Crippen molar-refractivity contribution >= 4 is 39.3 Å². The van der Waals surface area contributed by atoms with Gasteiger partial charge in [0.2, 0.25) is 15.9 Å². The lowest BCUT2D eigenvalue weighted by atomic mass is 10.2. The van der Waals surface area contributed by atoms with Crippen LogP contribution in [0.1, 0.15) is 24.8 Å². The van der Waals surface area contributed by atoms with Crippen LogP contribution in [0.2, 0.25) is 0 Å². The van der Waals surface area contributed by atoms with Gasteiger partial charge in [-0.05, 0) is 37.5 Å². The maximum Gasteiger partial charge on any atom is 0.315 e. The highest BCUT2D eigenvalue weighted by Crippen LogP contribution is 2.25. The maximum atomic E-state index is 12.8. The number of esters is 1. The lowest BCUT2D eigenvalue weighted by molar-refractivity contribution is -0.137. The van der Waals surface area contributed by atoms with Gasteiger partial charge in [0.15, 0.2) is 0 Å². The van der Waals surface area contributed by atoms with Crippen LogP contribution in [0.4, 0.5) is 5.69 Å². The number of sulfonamides is 1. The predicted molar refractivity (Wildman–Crippen MR) is 102 cm³/mol. The zero-order valence-electron chi connectivity index (χ0n) is 15.0. The molecule has 144 valence electrons. The number of benzene rings is 1. The van der Waals surface area contributed by atoms with Gasteiger partial charge in [-0.2, -0.15) is 4.31 Å². The van der Waals surface area contributed by atoms with Gasteiger partial charge in [0.1, 0.15) is 0 Å². The molecule has 1 aliphatic heterocycles. The van der Waals surface area contributed by atoms with E-state index in [1.54, 1.807) is 19.1 Å². The molecule has 0 radical (unpaired) electrons. The van der Waals surface area contributed by atoms with Crippen molar-refractivity contribution in [2.75, 3.05) is 37.0 Å². The van der Waals surface area contributed by atoms with Crippen LogP contribution in [0.5, 0.6) is 0 Å². The maximum absolute atomic E-state index is 12.8. The summed E-state index contributed by atoms with van der Waals surface area (Å²) in [5.74, 6) is -0.521. The number of ether oxygens (including phenoxy) is 1. The van der Waals surface area contributed by atoms with Crippen LogP contribution in [0.3, 0.4) is 0 Å². The number of carbonyl (C=O) groups excluding carboxylic acids is 2. The van der Waals surface area contributed by atoms with Crippen molar-refractivity contribution < 1.29 is 22.7 Å². The molecule has 9 heteroatoms. The number of nitrogens with zero attached hydrogens (tertiary/aromatic N) is 1. The average Bonchev–Trinajstić information content (AvgIpc) is 2.64. The second-order valence-electron chi connectivity index (χ2n) is 6.06. The molecule has 1 fully saturated rings. The highest BCUT2D eigenvalue weighted by molar-refractivity contribution is 8.00. The molecule has 0 spiro atoms. The van der Waals surface area contributed by atoms with Crippen molar-refractivity contribution in [3.05, 3.63) is 23.8 Å². The Hall–Kier alpha value is -1.58. The minimum absolute atomic E-state index is 0.0810. The summed E-state index contributed by atoms with van der Waals surface area (Å²) in [6.45, 7) is 2.86. The van der Waals surface area contributed by atoms with E-state index in [0.29, 0.717) is 18.8 Å². The lowest BCUT2D eigenvalue weighted by Gasteiger charge is -2.26. The fraction of sp³-hybridized carbons (Fsp3) is 0.529. The number of aryl methyl sites for hydroxylation is 1. The van der Waals surface area contributed by atoms with Crippen LogP contribution in [0, 0.1) is 6.92 Å². The molecule has 1 N–H and O–H groups in total. The van der Waals surface area contributed by atoms with Crippen molar-refractivity contribution in [3.8, 4) is 0 Å². The van der Waals surface area contributed by atoms with Gasteiger partial charge in [0, 0.05) is 18.8 Å². The molecular formula is C17H24N2O5S2. The summed E-state index contributed by atoms with van der Waals surface area (Å²) >= 11 is 1.14. The number of amides is 1. The second-order valence-corrected chi connectivity index (χ2v) is 8.98. The van der Waals surface area contributed by atoms with Gasteiger partial charge < -0.3 is 10.1 Å². The standard InChI is InChI=1S/C17H24N2O5S2/c1-13-6-7-14(26(22,23)19-8-4-3-5-9-19)10-15(13)18-16(20)11-25-12-17(21)24-2/h6-7,10H,3-5,8-9,11-12H2,1-2H3,(H,18,20). The third kappa shape index (κ3) is 5.46. The number of methoxy groups -OCH3 is 1. The van der Waals surface area contributed by atoms with E-state index in [1.165, 1.54) is 17.5 Å². The monoisotopic (exact) mass is 400 g/mol. The number of hydrogen-bond donors (Lipinski definition) is 1. The first-order valence-electron chi connectivity index (χ1n) is 8.40. The molecule has 26 heavy (non-hydrogen) atoms. The molecule has 0 aliphatic carbocycles. The minimum atomic E-state index is -3.55. The van der Waals surface area contributed by atoms with Crippen molar-refractivity contribution in [2.45, 2.75) is 31.1 Å². The van der Waals surface area contributed by atoms with Crippen molar-refractivity contribution in [2.24, 2.45) is 0 Å². The normalized spacial score (nSPS) is 15.5. The van der Waals surface area contributed by atoms with Crippen molar-refractivity contribution in [1.82, 2.24) is 4.31 Å². The first-order valence-corrected chi connectivity index (χ1v) is 11.0. The quantitative estimate of drug-likeness (QED) is 0.704. The van der Waals surface area contributed by atoms with E-state index >= 15 is 0 Å². The number of thioether (sulfide) groups is 1. The van der Waals surface area contributed by atoms with Crippen molar-refractivity contribution in [3.63, 3.8) is 0 Å². The second kappa shape index (κ2) is 9.38. The van der Waals surface area contributed by atoms with Crippen LogP contribution in [-0.4, -0.2) is 56.3 Å². The smallest absolute Gasteiger partial charge is 0.315 e. The van der Waals surface area contributed by atoms with E-state index in [2.05, 4.69) is 10.1 Å². The highest BCUT2D eigenvalue weighted by Gasteiger charge is 2.26. The Bertz CT molecular complexity index is 758. The molecule has 0 unspecified atom stereocenters. The zero-order valence-corrected chi connectivity index (χ0v) is 16.6. The number of rotatable bonds is 7. The molecule has 0 atom stereocenters. The van der Waals surface area contributed by atoms with E-state index in [1.807, 2.05) is 0 Å². The Labute approximate surface area is 158 Å². The molecule has 7 nitrogen and oxygen atoms in total. The average molecular weight is 401 g/mol. The van der Waals surface area contributed by atoms with Crippen LogP contribution in [0.15, 0.2) is 23.1 Å². The molecule has 1 aromatic carbocycles. The third-order valence-corrected chi connectivity index (χ3v) is 6.92. The Morgan fingerprint density at radius 3 is 2.54 bits per heavy atom. The minimum Gasteiger partial charge on any atom is -0.468 e. The molecule has 2 rings (SSSR count). The topological polar surface area (TPSA) is 92.8 Å². The fourth-order valence-corrected chi connectivity index (χ4v) is 4.81. The van der Waals surface area contributed by atoms with Crippen LogP contribution in [0.25, 0.3) is 0 Å². The van der Waals surface area contributed by atoms with E-state index < -0.39 is 16.0 Å². The van der Waals surface area contributed by atoms with Crippen LogP contribution in [-0.2, 0) is 24.3 Å². The van der Waals surface area contributed by atoms with Gasteiger partial charge in [0.05, 0.1) is 23.5 Å². The van der Waals surface area contributed by atoms with E-state index in [0.717, 1.165) is 36.6 Å². The summed E-state index contributed by atoms with van der Waals surface area (Å²) in [4.78, 5) is 23.3. The van der Waals surface area contributed by atoms with E-state index in [4.69, 9.17) is 0 Å². The number of hydrogen-bond acceptors (Lipinski definition) is 6. The van der Waals surface area contributed by atoms with Crippen LogP contribution >= 0.6 is 11.8 Å². The van der Waals surface area contributed by atoms with Crippen LogP contribution < -0.4 is 5.32 Å². The first kappa shape index (κ1) is 20.7. The van der Waals surface area contributed by atoms with Gasteiger partial charge in [-0.15, -0.1) is 11.8 Å². The molecule has 1 amide bonds. The van der Waals surface area contributed by atoms with Gasteiger partial charge in [-0.1, -0.05) is 12.5 Å². The highest BCUT2D eigenvalue weighted by atomic mass is 32.2. The predicted octanol–water partition coefficient (Wildman–Crippen LogP) is 2.01. The van der Waals surface area contributed by atoms with Gasteiger partial charge in [-0.3, -0.25) is 9.59 Å². The molecule has 0 aromatic heterocycles. The number of anilines is 1. The molecule has 1 saturated heterocycles. The van der Waals surface area contributed by atoms with Gasteiger partial charge in [-0.25, -0.2) is 8.42 Å². The molecule has 0 saturated carbocycles. The lowest BCUT2D eigenvalue weighted by Crippen LogP contribution is -2.35. The Kier molecular flexibility index (Phi) is 7.48. The Morgan fingerprint density at radius 2 is 1.88 bits per heavy atom. The zero-order chi connectivity index (χ0) is 19.2. The Balaban J connectivity index is 2.06. The molecular weight excluding hydrogens is 376 g/mol. The van der Waals surface area contributed by atoms with E-state index in [-0.39, 0.29) is 22.3 Å². The molecule has 1 aromatic rings. The summed E-state index contributed by atoms with van der Waals surface area (Å²) in [6, 6.07) is 4.76. The first-order chi connectivity index (χ1) is 12.3.